The Kier molecular flexibility index (Phi) is 2.91. The third-order valence-electron chi connectivity index (χ3n) is 2.45. The largest absolute Gasteiger partial charge is 0.501 e. The highest BCUT2D eigenvalue weighted by Crippen LogP contribution is 2.13. The van der Waals surface area contributed by atoms with Gasteiger partial charge in [0.2, 0.25) is 16.9 Å². The zero-order valence-electron chi connectivity index (χ0n) is 8.60. The second-order valence-electron chi connectivity index (χ2n) is 3.50. The van der Waals surface area contributed by atoms with Gasteiger partial charge in [0.05, 0.1) is 6.26 Å². The predicted octanol–water partition coefficient (Wildman–Crippen LogP) is -0.609. The Bertz CT molecular complexity index is 448. The van der Waals surface area contributed by atoms with Gasteiger partial charge in [0.1, 0.15) is 0 Å². The van der Waals surface area contributed by atoms with E-state index in [-0.39, 0.29) is 5.76 Å². The molecular formula is C10H12N2O4. The van der Waals surface area contributed by atoms with Crippen molar-refractivity contribution in [2.24, 2.45) is 0 Å². The van der Waals surface area contributed by atoms with Crippen molar-refractivity contribution in [3.8, 4) is 5.75 Å². The molecular weight excluding hydrogens is 212 g/mol. The Morgan fingerprint density at radius 3 is 2.81 bits per heavy atom. The van der Waals surface area contributed by atoms with Crippen LogP contribution in [0.15, 0.2) is 21.5 Å². The Morgan fingerprint density at radius 2 is 2.12 bits per heavy atom. The van der Waals surface area contributed by atoms with Crippen LogP contribution in [0.1, 0.15) is 10.6 Å². The molecule has 1 amide bonds. The Morgan fingerprint density at radius 1 is 1.44 bits per heavy atom. The van der Waals surface area contributed by atoms with E-state index in [0.717, 1.165) is 12.3 Å². The second-order valence-corrected chi connectivity index (χ2v) is 3.50. The number of hydrogen-bond donors (Lipinski definition) is 2. The van der Waals surface area contributed by atoms with E-state index in [9.17, 15) is 14.7 Å². The van der Waals surface area contributed by atoms with E-state index >= 15 is 0 Å². The molecule has 1 aliphatic heterocycles. The van der Waals surface area contributed by atoms with Gasteiger partial charge in [-0.1, -0.05) is 0 Å². The SMILES string of the molecule is O=C(c1occc(=O)c1O)N1CCNCC1. The first-order valence-electron chi connectivity index (χ1n) is 5.01. The summed E-state index contributed by atoms with van der Waals surface area (Å²) in [5, 5.41) is 12.5. The molecule has 0 radical (unpaired) electrons. The van der Waals surface area contributed by atoms with Crippen molar-refractivity contribution in [1.82, 2.24) is 10.2 Å². The summed E-state index contributed by atoms with van der Waals surface area (Å²) in [6, 6.07) is 1.07. The maximum Gasteiger partial charge on any atom is 0.293 e. The molecule has 0 aliphatic carbocycles. The third kappa shape index (κ3) is 1.92. The molecule has 1 saturated heterocycles. The molecule has 1 aliphatic rings. The molecule has 1 aromatic rings. The average molecular weight is 224 g/mol. The number of piperazine rings is 1. The smallest absolute Gasteiger partial charge is 0.293 e. The van der Waals surface area contributed by atoms with Crippen LogP contribution in [-0.4, -0.2) is 42.1 Å². The molecule has 6 heteroatoms. The zero-order valence-corrected chi connectivity index (χ0v) is 8.60. The lowest BCUT2D eigenvalue weighted by molar-refractivity contribution is 0.0695. The van der Waals surface area contributed by atoms with Gasteiger partial charge in [-0.15, -0.1) is 0 Å². The normalized spacial score (nSPS) is 16.1. The van der Waals surface area contributed by atoms with Crippen molar-refractivity contribution in [3.63, 3.8) is 0 Å². The van der Waals surface area contributed by atoms with Crippen molar-refractivity contribution in [2.45, 2.75) is 0 Å². The minimum absolute atomic E-state index is 0.283. The molecule has 0 aromatic carbocycles. The van der Waals surface area contributed by atoms with E-state index < -0.39 is 17.1 Å². The number of amides is 1. The van der Waals surface area contributed by atoms with Crippen LogP contribution in [-0.2, 0) is 0 Å². The van der Waals surface area contributed by atoms with E-state index in [1.165, 1.54) is 4.90 Å². The lowest BCUT2D eigenvalue weighted by atomic mass is 10.3. The van der Waals surface area contributed by atoms with Crippen molar-refractivity contribution < 1.29 is 14.3 Å². The second kappa shape index (κ2) is 4.36. The molecule has 2 N–H and O–H groups in total. The number of carbonyl (C=O) groups excluding carboxylic acids is 1. The van der Waals surface area contributed by atoms with Crippen LogP contribution in [0.3, 0.4) is 0 Å². The topological polar surface area (TPSA) is 82.8 Å². The van der Waals surface area contributed by atoms with E-state index in [0.29, 0.717) is 26.2 Å². The minimum atomic E-state index is -0.619. The fourth-order valence-electron chi connectivity index (χ4n) is 1.57. The maximum atomic E-state index is 11.9. The van der Waals surface area contributed by atoms with Crippen molar-refractivity contribution >= 4 is 5.91 Å². The molecule has 2 heterocycles. The monoisotopic (exact) mass is 224 g/mol. The maximum absolute atomic E-state index is 11.9. The van der Waals surface area contributed by atoms with Crippen molar-refractivity contribution in [1.29, 1.82) is 0 Å². The van der Waals surface area contributed by atoms with Gasteiger partial charge in [0.25, 0.3) is 5.91 Å². The Hall–Kier alpha value is -1.82. The van der Waals surface area contributed by atoms with Crippen LogP contribution < -0.4 is 10.7 Å². The first-order valence-corrected chi connectivity index (χ1v) is 5.01. The molecule has 16 heavy (non-hydrogen) atoms. The van der Waals surface area contributed by atoms with Gasteiger partial charge in [-0.2, -0.15) is 0 Å². The number of nitrogens with zero attached hydrogens (tertiary/aromatic N) is 1. The summed E-state index contributed by atoms with van der Waals surface area (Å²) in [5.74, 6) is -1.35. The summed E-state index contributed by atoms with van der Waals surface area (Å²) in [5.41, 5.74) is -0.607. The summed E-state index contributed by atoms with van der Waals surface area (Å²) in [7, 11) is 0. The van der Waals surface area contributed by atoms with Gasteiger partial charge in [0.15, 0.2) is 0 Å². The quantitative estimate of drug-likeness (QED) is 0.665. The van der Waals surface area contributed by atoms with Crippen LogP contribution in [0.4, 0.5) is 0 Å². The van der Waals surface area contributed by atoms with E-state index in [1.807, 2.05) is 0 Å². The first-order chi connectivity index (χ1) is 7.70. The van der Waals surface area contributed by atoms with Crippen LogP contribution >= 0.6 is 0 Å². The Labute approximate surface area is 91.5 Å². The van der Waals surface area contributed by atoms with E-state index in [2.05, 4.69) is 5.32 Å². The van der Waals surface area contributed by atoms with Gasteiger partial charge in [-0.25, -0.2) is 0 Å². The molecule has 0 unspecified atom stereocenters. The minimum Gasteiger partial charge on any atom is -0.501 e. The highest BCUT2D eigenvalue weighted by atomic mass is 16.4. The van der Waals surface area contributed by atoms with E-state index in [4.69, 9.17) is 4.42 Å². The first kappa shape index (κ1) is 10.7. The molecule has 0 saturated carbocycles. The number of aromatic hydroxyl groups is 1. The predicted molar refractivity (Wildman–Crippen MR) is 55.4 cm³/mol. The Balaban J connectivity index is 2.26. The van der Waals surface area contributed by atoms with Gasteiger partial charge >= 0.3 is 0 Å². The molecule has 0 atom stereocenters. The lowest BCUT2D eigenvalue weighted by Crippen LogP contribution is -2.46. The summed E-state index contributed by atoms with van der Waals surface area (Å²) in [6.07, 6.45) is 1.11. The molecule has 0 bridgehead atoms. The van der Waals surface area contributed by atoms with Gasteiger partial charge in [-0.3, -0.25) is 9.59 Å². The van der Waals surface area contributed by atoms with Gasteiger partial charge in [-0.05, 0) is 0 Å². The summed E-state index contributed by atoms with van der Waals surface area (Å²) < 4.78 is 4.89. The molecule has 0 spiro atoms. The fourth-order valence-corrected chi connectivity index (χ4v) is 1.57. The average Bonchev–Trinajstić information content (AvgIpc) is 2.33. The van der Waals surface area contributed by atoms with Crippen LogP contribution in [0, 0.1) is 0 Å². The summed E-state index contributed by atoms with van der Waals surface area (Å²) >= 11 is 0. The third-order valence-corrected chi connectivity index (χ3v) is 2.45. The van der Waals surface area contributed by atoms with Crippen molar-refractivity contribution in [2.75, 3.05) is 26.2 Å². The highest BCUT2D eigenvalue weighted by Gasteiger charge is 2.23. The number of hydrogen-bond acceptors (Lipinski definition) is 5. The number of nitrogens with one attached hydrogen (secondary N) is 1. The molecule has 1 fully saturated rings. The molecule has 1 aromatic heterocycles. The standard InChI is InChI=1S/C10H12N2O4/c13-7-1-6-16-9(8(7)14)10(15)12-4-2-11-3-5-12/h1,6,11,14H,2-5H2. The van der Waals surface area contributed by atoms with E-state index in [1.54, 1.807) is 0 Å². The number of carbonyl (C=O) groups is 1. The summed E-state index contributed by atoms with van der Waals surface area (Å²) in [4.78, 5) is 24.5. The fraction of sp³-hybridized carbons (Fsp3) is 0.400. The van der Waals surface area contributed by atoms with Crippen LogP contribution in [0.5, 0.6) is 5.75 Å². The van der Waals surface area contributed by atoms with Crippen LogP contribution in [0.25, 0.3) is 0 Å². The van der Waals surface area contributed by atoms with Gasteiger partial charge in [0, 0.05) is 32.2 Å². The summed E-state index contributed by atoms with van der Waals surface area (Å²) in [6.45, 7) is 2.47. The zero-order chi connectivity index (χ0) is 11.5. The molecule has 6 nitrogen and oxygen atoms in total. The highest BCUT2D eigenvalue weighted by molar-refractivity contribution is 5.93. The lowest BCUT2D eigenvalue weighted by Gasteiger charge is -2.26. The van der Waals surface area contributed by atoms with Crippen LogP contribution in [0.2, 0.25) is 0 Å². The van der Waals surface area contributed by atoms with Gasteiger partial charge < -0.3 is 19.7 Å². The molecule has 2 rings (SSSR count). The molecule has 86 valence electrons. The number of rotatable bonds is 1. The van der Waals surface area contributed by atoms with Crippen molar-refractivity contribution in [3.05, 3.63) is 28.3 Å².